The average molecular weight is 295 g/mol. The van der Waals surface area contributed by atoms with Gasteiger partial charge in [0.25, 0.3) is 0 Å². The van der Waals surface area contributed by atoms with Crippen molar-refractivity contribution in [2.45, 2.75) is 17.6 Å². The number of rotatable bonds is 4. The maximum absolute atomic E-state index is 6.04. The monoisotopic (exact) mass is 295 g/mol. The molecular formula is C17H17N3S. The number of hydrogen-bond acceptors (Lipinski definition) is 3. The smallest absolute Gasteiger partial charge is 0.0645 e. The van der Waals surface area contributed by atoms with Crippen LogP contribution in [0.15, 0.2) is 65.8 Å². The van der Waals surface area contributed by atoms with Gasteiger partial charge in [0.2, 0.25) is 0 Å². The fraction of sp³-hybridized carbons (Fsp3) is 0.118. The van der Waals surface area contributed by atoms with Crippen molar-refractivity contribution in [2.75, 3.05) is 5.73 Å². The molecule has 0 aliphatic heterocycles. The Morgan fingerprint density at radius 3 is 2.62 bits per heavy atom. The molecular weight excluding hydrogens is 278 g/mol. The molecule has 3 nitrogen and oxygen atoms in total. The van der Waals surface area contributed by atoms with Gasteiger partial charge in [-0.15, -0.1) is 11.8 Å². The number of nitrogens with two attached hydrogens (primary N) is 1. The number of aromatic nitrogens is 2. The number of aryl methyl sites for hydroxylation is 1. The molecule has 106 valence electrons. The number of hydrogen-bond donors (Lipinski definition) is 1. The molecule has 4 heteroatoms. The minimum Gasteiger partial charge on any atom is -0.398 e. The van der Waals surface area contributed by atoms with Crippen molar-refractivity contribution in [1.82, 2.24) is 9.78 Å². The van der Waals surface area contributed by atoms with Gasteiger partial charge in [0.15, 0.2) is 0 Å². The van der Waals surface area contributed by atoms with E-state index in [-0.39, 0.29) is 0 Å². The fourth-order valence-electron chi connectivity index (χ4n) is 2.13. The third-order valence-corrected chi connectivity index (χ3v) is 4.43. The largest absolute Gasteiger partial charge is 0.398 e. The van der Waals surface area contributed by atoms with Crippen LogP contribution in [0.4, 0.5) is 5.69 Å². The summed E-state index contributed by atoms with van der Waals surface area (Å²) in [6, 6.07) is 16.6. The van der Waals surface area contributed by atoms with Crippen LogP contribution in [-0.4, -0.2) is 9.78 Å². The Kier molecular flexibility index (Phi) is 3.97. The molecule has 1 heterocycles. The number of nitrogens with zero attached hydrogens (tertiary/aromatic N) is 2. The van der Waals surface area contributed by atoms with Crippen LogP contribution in [0.3, 0.4) is 0 Å². The van der Waals surface area contributed by atoms with E-state index in [4.69, 9.17) is 5.73 Å². The van der Waals surface area contributed by atoms with E-state index in [9.17, 15) is 0 Å². The summed E-state index contributed by atoms with van der Waals surface area (Å²) in [7, 11) is 0. The van der Waals surface area contributed by atoms with E-state index >= 15 is 0 Å². The van der Waals surface area contributed by atoms with Crippen molar-refractivity contribution < 1.29 is 0 Å². The molecule has 21 heavy (non-hydrogen) atoms. The van der Waals surface area contributed by atoms with Gasteiger partial charge < -0.3 is 5.73 Å². The zero-order chi connectivity index (χ0) is 14.7. The fourth-order valence-corrected chi connectivity index (χ4v) is 3.03. The first-order valence-corrected chi connectivity index (χ1v) is 7.79. The first-order valence-electron chi connectivity index (χ1n) is 6.80. The summed E-state index contributed by atoms with van der Waals surface area (Å²) in [5, 5.41) is 4.22. The van der Waals surface area contributed by atoms with Gasteiger partial charge in [0.1, 0.15) is 0 Å². The van der Waals surface area contributed by atoms with E-state index < -0.39 is 0 Å². The van der Waals surface area contributed by atoms with E-state index in [0.29, 0.717) is 0 Å². The maximum Gasteiger partial charge on any atom is 0.0645 e. The van der Waals surface area contributed by atoms with Crippen LogP contribution in [0.1, 0.15) is 11.1 Å². The Hall–Kier alpha value is -2.20. The molecule has 0 aliphatic carbocycles. The molecule has 3 aromatic rings. The first-order chi connectivity index (χ1) is 10.2. The lowest BCUT2D eigenvalue weighted by molar-refractivity contribution is 0.880. The lowest BCUT2D eigenvalue weighted by Gasteiger charge is -2.07. The Balaban J connectivity index is 1.68. The number of anilines is 1. The highest BCUT2D eigenvalue weighted by Crippen LogP contribution is 2.28. The van der Waals surface area contributed by atoms with Crippen molar-refractivity contribution in [3.8, 4) is 5.69 Å². The Bertz CT molecular complexity index is 718. The molecule has 0 atom stereocenters. The second-order valence-electron chi connectivity index (χ2n) is 4.95. The summed E-state index contributed by atoms with van der Waals surface area (Å²) in [5.41, 5.74) is 10.4. The number of thioether (sulfide) groups is 1. The quantitative estimate of drug-likeness (QED) is 0.583. The summed E-state index contributed by atoms with van der Waals surface area (Å²) in [5.74, 6) is 0.909. The molecule has 0 bridgehead atoms. The third-order valence-electron chi connectivity index (χ3n) is 3.26. The summed E-state index contributed by atoms with van der Waals surface area (Å²) in [6.45, 7) is 2.05. The molecule has 0 unspecified atom stereocenters. The van der Waals surface area contributed by atoms with Gasteiger partial charge in [-0.25, -0.2) is 4.68 Å². The van der Waals surface area contributed by atoms with Crippen LogP contribution in [0.2, 0.25) is 0 Å². The summed E-state index contributed by atoms with van der Waals surface area (Å²) in [6.07, 6.45) is 3.72. The average Bonchev–Trinajstić information content (AvgIpc) is 3.01. The lowest BCUT2D eigenvalue weighted by atomic mass is 10.2. The number of nitrogen functional groups attached to an aromatic ring is 1. The molecule has 3 rings (SSSR count). The van der Waals surface area contributed by atoms with Crippen LogP contribution in [0.5, 0.6) is 0 Å². The van der Waals surface area contributed by atoms with E-state index in [1.165, 1.54) is 11.1 Å². The van der Waals surface area contributed by atoms with Crippen molar-refractivity contribution in [3.05, 3.63) is 72.1 Å². The zero-order valence-corrected chi connectivity index (χ0v) is 12.7. The van der Waals surface area contributed by atoms with Gasteiger partial charge in [0, 0.05) is 28.7 Å². The van der Waals surface area contributed by atoms with Crippen LogP contribution in [0.25, 0.3) is 5.69 Å². The van der Waals surface area contributed by atoms with Crippen LogP contribution in [0, 0.1) is 6.92 Å². The highest BCUT2D eigenvalue weighted by molar-refractivity contribution is 7.98. The van der Waals surface area contributed by atoms with Gasteiger partial charge in [-0.05, 0) is 48.4 Å². The van der Waals surface area contributed by atoms with E-state index in [1.54, 1.807) is 18.0 Å². The molecule has 0 aliphatic rings. The SMILES string of the molecule is Cc1ccc(SCc2ccc(-n3cccn3)cc2)c(N)c1. The standard InChI is InChI=1S/C17H17N3S/c1-13-3-8-17(16(18)11-13)21-12-14-4-6-15(7-5-14)20-10-2-9-19-20/h2-11H,12,18H2,1H3. The molecule has 2 aromatic carbocycles. The predicted molar refractivity (Wildman–Crippen MR) is 88.7 cm³/mol. The molecule has 0 amide bonds. The maximum atomic E-state index is 6.04. The van der Waals surface area contributed by atoms with E-state index in [2.05, 4.69) is 48.4 Å². The highest BCUT2D eigenvalue weighted by Gasteiger charge is 2.02. The van der Waals surface area contributed by atoms with Crippen LogP contribution < -0.4 is 5.73 Å². The Morgan fingerprint density at radius 1 is 1.14 bits per heavy atom. The minimum atomic E-state index is 0.855. The van der Waals surface area contributed by atoms with Gasteiger partial charge in [0.05, 0.1) is 5.69 Å². The van der Waals surface area contributed by atoms with Crippen molar-refractivity contribution in [2.24, 2.45) is 0 Å². The topological polar surface area (TPSA) is 43.8 Å². The molecule has 0 spiro atoms. The van der Waals surface area contributed by atoms with Crippen LogP contribution in [-0.2, 0) is 5.75 Å². The van der Waals surface area contributed by atoms with Gasteiger partial charge in [-0.2, -0.15) is 5.10 Å². The molecule has 0 radical (unpaired) electrons. The van der Waals surface area contributed by atoms with Crippen molar-refractivity contribution in [1.29, 1.82) is 0 Å². The normalized spacial score (nSPS) is 10.7. The Labute approximate surface area is 128 Å². The van der Waals surface area contributed by atoms with Gasteiger partial charge >= 0.3 is 0 Å². The summed E-state index contributed by atoms with van der Waals surface area (Å²) < 4.78 is 1.86. The third kappa shape index (κ3) is 3.28. The summed E-state index contributed by atoms with van der Waals surface area (Å²) in [4.78, 5) is 1.14. The molecule has 0 fully saturated rings. The minimum absolute atomic E-state index is 0.855. The van der Waals surface area contributed by atoms with Gasteiger partial charge in [-0.3, -0.25) is 0 Å². The van der Waals surface area contributed by atoms with Crippen LogP contribution >= 0.6 is 11.8 Å². The lowest BCUT2D eigenvalue weighted by Crippen LogP contribution is -1.94. The number of benzene rings is 2. The molecule has 0 saturated carbocycles. The zero-order valence-electron chi connectivity index (χ0n) is 11.9. The molecule has 2 N–H and O–H groups in total. The van der Waals surface area contributed by atoms with Crippen molar-refractivity contribution in [3.63, 3.8) is 0 Å². The van der Waals surface area contributed by atoms with E-state index in [1.807, 2.05) is 23.0 Å². The molecule has 1 aromatic heterocycles. The second-order valence-corrected chi connectivity index (χ2v) is 5.96. The predicted octanol–water partition coefficient (Wildman–Crippen LogP) is 4.06. The van der Waals surface area contributed by atoms with Crippen molar-refractivity contribution >= 4 is 17.4 Å². The Morgan fingerprint density at radius 2 is 1.95 bits per heavy atom. The first kappa shape index (κ1) is 13.8. The van der Waals surface area contributed by atoms with Gasteiger partial charge in [-0.1, -0.05) is 18.2 Å². The second kappa shape index (κ2) is 6.06. The highest BCUT2D eigenvalue weighted by atomic mass is 32.2. The van der Waals surface area contributed by atoms with E-state index in [0.717, 1.165) is 22.0 Å². The molecule has 0 saturated heterocycles. The summed E-state index contributed by atoms with van der Waals surface area (Å²) >= 11 is 1.76.